The van der Waals surface area contributed by atoms with Gasteiger partial charge < -0.3 is 25.8 Å². The Morgan fingerprint density at radius 2 is 1.90 bits per heavy atom. The van der Waals surface area contributed by atoms with Gasteiger partial charge in [0.05, 0.1) is 11.3 Å². The van der Waals surface area contributed by atoms with Crippen molar-refractivity contribution >= 4 is 53.3 Å². The summed E-state index contributed by atoms with van der Waals surface area (Å²) in [5.74, 6) is -1.20. The SMILES string of the molecule is CCCNC(=O)c1cn2ncnc(N(C(=O)OCOC(=O)[C@H](C)N)c3cc(C(=O)NC4CC4)ccc3C)c2c1C.Cl. The first kappa shape index (κ1) is 31.3. The first-order chi connectivity index (χ1) is 19.1. The first-order valence-corrected chi connectivity index (χ1v) is 13.0. The molecule has 13 nitrogen and oxygen atoms in total. The van der Waals surface area contributed by atoms with Crippen LogP contribution in [-0.4, -0.2) is 63.9 Å². The molecule has 3 aromatic rings. The second kappa shape index (κ2) is 13.4. The Bertz CT molecular complexity index is 1450. The molecule has 1 saturated carbocycles. The van der Waals surface area contributed by atoms with E-state index >= 15 is 0 Å². The zero-order valence-corrected chi connectivity index (χ0v) is 24.1. The number of esters is 1. The molecule has 41 heavy (non-hydrogen) atoms. The zero-order chi connectivity index (χ0) is 29.0. The molecule has 0 saturated heterocycles. The largest absolute Gasteiger partial charge is 0.427 e. The Morgan fingerprint density at radius 1 is 1.17 bits per heavy atom. The number of anilines is 2. The van der Waals surface area contributed by atoms with Crippen molar-refractivity contribution in [1.82, 2.24) is 25.2 Å². The number of nitrogens with one attached hydrogen (secondary N) is 2. The first-order valence-electron chi connectivity index (χ1n) is 13.0. The van der Waals surface area contributed by atoms with Crippen molar-refractivity contribution in [3.8, 4) is 0 Å². The van der Waals surface area contributed by atoms with Gasteiger partial charge in [0.25, 0.3) is 11.8 Å². The molecule has 4 rings (SSSR count). The van der Waals surface area contributed by atoms with E-state index < -0.39 is 24.9 Å². The van der Waals surface area contributed by atoms with Crippen LogP contribution < -0.4 is 21.3 Å². The van der Waals surface area contributed by atoms with Gasteiger partial charge in [0, 0.05) is 24.3 Å². The predicted molar refractivity (Wildman–Crippen MR) is 152 cm³/mol. The zero-order valence-electron chi connectivity index (χ0n) is 23.3. The molecule has 1 aliphatic carbocycles. The minimum Gasteiger partial charge on any atom is -0.427 e. The lowest BCUT2D eigenvalue weighted by Crippen LogP contribution is -2.33. The van der Waals surface area contributed by atoms with E-state index in [1.54, 1.807) is 38.2 Å². The van der Waals surface area contributed by atoms with Crippen molar-refractivity contribution in [3.05, 3.63) is 53.0 Å². The average molecular weight is 588 g/mol. The summed E-state index contributed by atoms with van der Waals surface area (Å²) in [4.78, 5) is 56.6. The maximum atomic E-state index is 13.6. The molecule has 0 spiro atoms. The summed E-state index contributed by atoms with van der Waals surface area (Å²) in [6.45, 7) is 6.69. The Balaban J connectivity index is 0.00000462. The average Bonchev–Trinajstić information content (AvgIpc) is 3.68. The third kappa shape index (κ3) is 7.11. The van der Waals surface area contributed by atoms with Crippen LogP contribution in [-0.2, 0) is 14.3 Å². The molecule has 1 atom stereocenters. The molecule has 1 fully saturated rings. The maximum Gasteiger partial charge on any atom is 0.423 e. The highest BCUT2D eigenvalue weighted by Crippen LogP contribution is 2.34. The van der Waals surface area contributed by atoms with Crippen LogP contribution in [0.1, 0.15) is 65.0 Å². The molecular weight excluding hydrogens is 554 g/mol. The summed E-state index contributed by atoms with van der Waals surface area (Å²) in [7, 11) is 0. The molecule has 2 aromatic heterocycles. The lowest BCUT2D eigenvalue weighted by atomic mass is 10.1. The van der Waals surface area contributed by atoms with Crippen molar-refractivity contribution in [1.29, 1.82) is 0 Å². The van der Waals surface area contributed by atoms with Crippen LogP contribution in [0.3, 0.4) is 0 Å². The number of fused-ring (bicyclic) bond motifs is 1. The van der Waals surface area contributed by atoms with Gasteiger partial charge in [0.1, 0.15) is 17.9 Å². The second-order valence-electron chi connectivity index (χ2n) is 9.67. The van der Waals surface area contributed by atoms with Crippen molar-refractivity contribution < 1.29 is 28.7 Å². The van der Waals surface area contributed by atoms with E-state index in [4.69, 9.17) is 15.2 Å². The number of benzene rings is 1. The fourth-order valence-corrected chi connectivity index (χ4v) is 3.99. The minimum absolute atomic E-state index is 0. The number of aryl methyl sites for hydroxylation is 2. The molecule has 1 aliphatic rings. The number of ether oxygens (including phenoxy) is 2. The fraction of sp³-hybridized carbons (Fsp3) is 0.407. The Kier molecular flexibility index (Phi) is 10.2. The molecule has 0 unspecified atom stereocenters. The van der Waals surface area contributed by atoms with E-state index in [0.717, 1.165) is 19.3 Å². The number of hydrogen-bond acceptors (Lipinski definition) is 9. The maximum absolute atomic E-state index is 13.6. The van der Waals surface area contributed by atoms with Gasteiger partial charge in [-0.15, -0.1) is 12.4 Å². The lowest BCUT2D eigenvalue weighted by molar-refractivity contribution is -0.152. The van der Waals surface area contributed by atoms with Crippen molar-refractivity contribution in [2.75, 3.05) is 18.2 Å². The number of nitrogens with zero attached hydrogens (tertiary/aromatic N) is 4. The Labute approximate surface area is 243 Å². The van der Waals surface area contributed by atoms with E-state index in [9.17, 15) is 19.2 Å². The normalized spacial score (nSPS) is 13.1. The summed E-state index contributed by atoms with van der Waals surface area (Å²) < 4.78 is 11.7. The highest BCUT2D eigenvalue weighted by atomic mass is 35.5. The van der Waals surface area contributed by atoms with Gasteiger partial charge in [-0.1, -0.05) is 13.0 Å². The third-order valence-electron chi connectivity index (χ3n) is 6.36. The van der Waals surface area contributed by atoms with Crippen LogP contribution in [0.4, 0.5) is 16.3 Å². The van der Waals surface area contributed by atoms with E-state index in [0.29, 0.717) is 40.0 Å². The highest BCUT2D eigenvalue weighted by molar-refractivity contribution is 6.05. The van der Waals surface area contributed by atoms with E-state index in [1.807, 2.05) is 6.92 Å². The Morgan fingerprint density at radius 3 is 2.56 bits per heavy atom. The molecule has 1 aromatic carbocycles. The summed E-state index contributed by atoms with van der Waals surface area (Å²) in [6.07, 6.45) is 4.47. The minimum atomic E-state index is -0.932. The van der Waals surface area contributed by atoms with Crippen LogP contribution in [0.2, 0.25) is 0 Å². The topological polar surface area (TPSA) is 170 Å². The van der Waals surface area contributed by atoms with E-state index in [1.165, 1.54) is 22.7 Å². The standard InChI is InChI=1S/C27H33N7O6.ClH/c1-5-10-29-25(36)20-12-33-22(16(20)3)23(30-13-31-33)34(27(38)40-14-39-26(37)17(4)28)21-11-18(7-6-15(21)2)24(35)32-19-8-9-19;/h6-7,11-13,17,19H,5,8-10,14,28H2,1-4H3,(H,29,36)(H,32,35);1H/t17-;/m0./s1. The van der Waals surface area contributed by atoms with Crippen LogP contribution in [0.5, 0.6) is 0 Å². The molecule has 220 valence electrons. The van der Waals surface area contributed by atoms with Crippen LogP contribution >= 0.6 is 12.4 Å². The summed E-state index contributed by atoms with van der Waals surface area (Å²) >= 11 is 0. The highest BCUT2D eigenvalue weighted by Gasteiger charge is 2.30. The van der Waals surface area contributed by atoms with Gasteiger partial charge in [-0.25, -0.2) is 19.2 Å². The predicted octanol–water partition coefficient (Wildman–Crippen LogP) is 2.92. The van der Waals surface area contributed by atoms with Crippen LogP contribution in [0.25, 0.3) is 5.52 Å². The number of hydrogen-bond donors (Lipinski definition) is 3. The Hall–Kier alpha value is -4.23. The molecule has 3 amide bonds. The fourth-order valence-electron chi connectivity index (χ4n) is 3.99. The number of amides is 3. The van der Waals surface area contributed by atoms with Crippen molar-refractivity contribution in [3.63, 3.8) is 0 Å². The molecule has 0 aliphatic heterocycles. The molecule has 0 radical (unpaired) electrons. The number of rotatable bonds is 10. The van der Waals surface area contributed by atoms with Gasteiger partial charge >= 0.3 is 12.1 Å². The van der Waals surface area contributed by atoms with Gasteiger partial charge in [0.15, 0.2) is 5.82 Å². The number of carbonyl (C=O) groups is 4. The summed E-state index contributed by atoms with van der Waals surface area (Å²) in [5.41, 5.74) is 8.07. The second-order valence-corrected chi connectivity index (χ2v) is 9.67. The third-order valence-corrected chi connectivity index (χ3v) is 6.36. The number of aromatic nitrogens is 3. The molecule has 2 heterocycles. The molecule has 4 N–H and O–H groups in total. The van der Waals surface area contributed by atoms with Crippen molar-refractivity contribution in [2.24, 2.45) is 5.73 Å². The monoisotopic (exact) mass is 587 g/mol. The van der Waals surface area contributed by atoms with E-state index in [2.05, 4.69) is 20.7 Å². The van der Waals surface area contributed by atoms with Gasteiger partial charge in [-0.2, -0.15) is 5.10 Å². The summed E-state index contributed by atoms with van der Waals surface area (Å²) in [6, 6.07) is 4.17. The van der Waals surface area contributed by atoms with Gasteiger partial charge in [-0.05, 0) is 63.3 Å². The van der Waals surface area contributed by atoms with Crippen LogP contribution in [0, 0.1) is 13.8 Å². The number of carbonyl (C=O) groups excluding carboxylic acids is 4. The lowest BCUT2D eigenvalue weighted by Gasteiger charge is -2.24. The molecule has 0 bridgehead atoms. The molecule has 14 heteroatoms. The van der Waals surface area contributed by atoms with E-state index in [-0.39, 0.29) is 36.1 Å². The smallest absolute Gasteiger partial charge is 0.423 e. The summed E-state index contributed by atoms with van der Waals surface area (Å²) in [5, 5.41) is 10.0. The van der Waals surface area contributed by atoms with Crippen molar-refractivity contribution in [2.45, 2.75) is 59.0 Å². The number of halogens is 1. The number of nitrogens with two attached hydrogens (primary N) is 1. The van der Waals surface area contributed by atoms with Crippen LogP contribution in [0.15, 0.2) is 30.7 Å². The molecular formula is C27H34ClN7O6. The quantitative estimate of drug-likeness (QED) is 0.238. The van der Waals surface area contributed by atoms with Gasteiger partial charge in [0.2, 0.25) is 6.79 Å². The van der Waals surface area contributed by atoms with Gasteiger partial charge in [-0.3, -0.25) is 14.4 Å².